The number of nitrogens with one attached hydrogen (secondary N) is 2. The molecule has 8 N–H and O–H groups in total. The largest absolute Gasteiger partial charge is 0.480 e. The molecule has 0 aliphatic rings. The minimum atomic E-state index is -2.22. The van der Waals surface area contributed by atoms with E-state index < -0.39 is 48.2 Å². The molecule has 0 aromatic heterocycles. The van der Waals surface area contributed by atoms with E-state index in [9.17, 15) is 19.2 Å². The number of carboxylic acids is 4. The molecular weight excluding hydrogens is 308 g/mol. The molecule has 0 saturated carbocycles. The van der Waals surface area contributed by atoms with Crippen LogP contribution in [0.1, 0.15) is 0 Å². The fraction of sp³-hybridized carbons (Fsp3) is 0.600. The summed E-state index contributed by atoms with van der Waals surface area (Å²) in [6, 6.07) is -3.68. The van der Waals surface area contributed by atoms with Crippen LogP contribution in [-0.2, 0) is 19.2 Å². The van der Waals surface area contributed by atoms with E-state index in [1.54, 1.807) is 0 Å². The van der Waals surface area contributed by atoms with Crippen molar-refractivity contribution in [2.45, 2.75) is 24.3 Å². The number of aliphatic hydroxyl groups is 2. The summed E-state index contributed by atoms with van der Waals surface area (Å²) in [6.07, 6.45) is -4.45. The molecule has 0 aliphatic heterocycles. The van der Waals surface area contributed by atoms with Crippen LogP contribution in [0.4, 0.5) is 0 Å². The van der Waals surface area contributed by atoms with Crippen molar-refractivity contribution in [3.05, 3.63) is 0 Å². The van der Waals surface area contributed by atoms with Gasteiger partial charge in [0, 0.05) is 13.1 Å². The zero-order chi connectivity index (χ0) is 17.4. The molecule has 0 heterocycles. The van der Waals surface area contributed by atoms with Crippen molar-refractivity contribution in [3.8, 4) is 0 Å². The first-order chi connectivity index (χ1) is 10.1. The van der Waals surface area contributed by atoms with Gasteiger partial charge in [0.05, 0.1) is 0 Å². The van der Waals surface area contributed by atoms with E-state index in [0.717, 1.165) is 0 Å². The predicted octanol–water partition coefficient (Wildman–Crippen LogP) is -4.04. The molecule has 0 aliphatic carbocycles. The van der Waals surface area contributed by atoms with E-state index in [-0.39, 0.29) is 13.1 Å². The Morgan fingerprint density at radius 2 is 0.909 bits per heavy atom. The van der Waals surface area contributed by atoms with Crippen molar-refractivity contribution in [2.75, 3.05) is 13.1 Å². The van der Waals surface area contributed by atoms with Crippen LogP contribution in [-0.4, -0.2) is 91.9 Å². The van der Waals surface area contributed by atoms with E-state index >= 15 is 0 Å². The Hall–Kier alpha value is -2.28. The molecule has 12 nitrogen and oxygen atoms in total. The molecular formula is C10H16N2O10. The lowest BCUT2D eigenvalue weighted by molar-refractivity contribution is -0.156. The maximum Gasteiger partial charge on any atom is 0.334 e. The third-order valence-electron chi connectivity index (χ3n) is 2.52. The van der Waals surface area contributed by atoms with Crippen LogP contribution >= 0.6 is 0 Å². The molecule has 0 rings (SSSR count). The quantitative estimate of drug-likeness (QED) is 0.170. The molecule has 4 unspecified atom stereocenters. The van der Waals surface area contributed by atoms with Crippen molar-refractivity contribution < 1.29 is 49.8 Å². The second kappa shape index (κ2) is 8.89. The van der Waals surface area contributed by atoms with Crippen molar-refractivity contribution in [3.63, 3.8) is 0 Å². The third-order valence-corrected chi connectivity index (χ3v) is 2.52. The Labute approximate surface area is 123 Å². The second-order valence-corrected chi connectivity index (χ2v) is 4.11. The average Bonchev–Trinajstić information content (AvgIpc) is 2.40. The van der Waals surface area contributed by atoms with E-state index in [0.29, 0.717) is 0 Å². The maximum absolute atomic E-state index is 10.8. The number of carbonyl (C=O) groups is 4. The molecule has 22 heavy (non-hydrogen) atoms. The molecule has 0 radical (unpaired) electrons. The van der Waals surface area contributed by atoms with Gasteiger partial charge in [-0.05, 0) is 0 Å². The van der Waals surface area contributed by atoms with Gasteiger partial charge in [-0.2, -0.15) is 0 Å². The summed E-state index contributed by atoms with van der Waals surface area (Å²) in [6.45, 7) is -0.616. The predicted molar refractivity (Wildman–Crippen MR) is 66.1 cm³/mol. The molecule has 4 atom stereocenters. The van der Waals surface area contributed by atoms with Gasteiger partial charge in [-0.15, -0.1) is 0 Å². The number of rotatable bonds is 11. The van der Waals surface area contributed by atoms with Crippen molar-refractivity contribution in [1.82, 2.24) is 10.6 Å². The van der Waals surface area contributed by atoms with Gasteiger partial charge in [0.2, 0.25) is 0 Å². The Bertz CT molecular complexity index is 399. The molecule has 0 amide bonds. The summed E-state index contributed by atoms with van der Waals surface area (Å²) >= 11 is 0. The second-order valence-electron chi connectivity index (χ2n) is 4.11. The van der Waals surface area contributed by atoms with E-state index in [1.807, 2.05) is 0 Å². The van der Waals surface area contributed by atoms with Gasteiger partial charge in [-0.25, -0.2) is 9.59 Å². The summed E-state index contributed by atoms with van der Waals surface area (Å²) in [5, 5.41) is 57.1. The molecule has 12 heteroatoms. The van der Waals surface area contributed by atoms with Crippen LogP contribution in [0.3, 0.4) is 0 Å². The van der Waals surface area contributed by atoms with E-state index in [2.05, 4.69) is 10.6 Å². The number of aliphatic hydroxyl groups excluding tert-OH is 2. The van der Waals surface area contributed by atoms with Gasteiger partial charge in [0.1, 0.15) is 12.1 Å². The minimum absolute atomic E-state index is 0.308. The fourth-order valence-corrected chi connectivity index (χ4v) is 1.41. The topological polar surface area (TPSA) is 214 Å². The molecule has 0 aromatic carbocycles. The highest BCUT2D eigenvalue weighted by Gasteiger charge is 2.33. The zero-order valence-corrected chi connectivity index (χ0v) is 11.0. The van der Waals surface area contributed by atoms with Gasteiger partial charge < -0.3 is 41.3 Å². The lowest BCUT2D eigenvalue weighted by Gasteiger charge is -2.20. The smallest absolute Gasteiger partial charge is 0.334 e. The monoisotopic (exact) mass is 324 g/mol. The Morgan fingerprint density at radius 1 is 0.636 bits per heavy atom. The number of carboxylic acid groups (broad SMARTS) is 4. The van der Waals surface area contributed by atoms with Crippen LogP contribution in [0.15, 0.2) is 0 Å². The Morgan fingerprint density at radius 3 is 1.09 bits per heavy atom. The molecule has 0 fully saturated rings. The van der Waals surface area contributed by atoms with Crippen molar-refractivity contribution >= 4 is 23.9 Å². The lowest BCUT2D eigenvalue weighted by atomic mass is 10.1. The zero-order valence-electron chi connectivity index (χ0n) is 11.0. The van der Waals surface area contributed by atoms with Gasteiger partial charge in [-0.3, -0.25) is 9.59 Å². The van der Waals surface area contributed by atoms with Gasteiger partial charge in [0.25, 0.3) is 0 Å². The van der Waals surface area contributed by atoms with Gasteiger partial charge in [-0.1, -0.05) is 0 Å². The standard InChI is InChI=1S/C10H16N2O10/c13-5(9(19)20)3(7(15)16)11-1-2-12-4(8(17)18)6(14)10(21)22/h3-6,11-14H,1-2H2,(H,15,16)(H,17,18)(H,19,20)(H,21,22). The van der Waals surface area contributed by atoms with Crippen LogP contribution in [0.25, 0.3) is 0 Å². The van der Waals surface area contributed by atoms with Crippen molar-refractivity contribution in [1.29, 1.82) is 0 Å². The number of aliphatic carboxylic acids is 4. The number of hydrogen-bond acceptors (Lipinski definition) is 8. The van der Waals surface area contributed by atoms with Crippen LogP contribution in [0.5, 0.6) is 0 Å². The Kier molecular flexibility index (Phi) is 7.96. The molecule has 0 saturated heterocycles. The third kappa shape index (κ3) is 6.01. The summed E-state index contributed by atoms with van der Waals surface area (Å²) in [5.74, 6) is -6.82. The minimum Gasteiger partial charge on any atom is -0.480 e. The summed E-state index contributed by atoms with van der Waals surface area (Å²) < 4.78 is 0. The molecule has 0 spiro atoms. The SMILES string of the molecule is O=C(O)C(O)C(NCCNC(C(=O)O)C(O)C(=O)O)C(=O)O. The summed E-state index contributed by atoms with van der Waals surface area (Å²) in [7, 11) is 0. The summed E-state index contributed by atoms with van der Waals surface area (Å²) in [4.78, 5) is 42.5. The number of hydrogen-bond donors (Lipinski definition) is 8. The maximum atomic E-state index is 10.8. The van der Waals surface area contributed by atoms with Gasteiger partial charge >= 0.3 is 23.9 Å². The fourth-order valence-electron chi connectivity index (χ4n) is 1.41. The highest BCUT2D eigenvalue weighted by Crippen LogP contribution is 1.96. The lowest BCUT2D eigenvalue weighted by Crippen LogP contribution is -2.54. The van der Waals surface area contributed by atoms with Crippen LogP contribution in [0, 0.1) is 0 Å². The average molecular weight is 324 g/mol. The normalized spacial score (nSPS) is 16.3. The Balaban J connectivity index is 4.48. The molecule has 0 bridgehead atoms. The van der Waals surface area contributed by atoms with Crippen LogP contribution in [0.2, 0.25) is 0 Å². The highest BCUT2D eigenvalue weighted by atomic mass is 16.4. The molecule has 0 aromatic rings. The highest BCUT2D eigenvalue weighted by molar-refractivity contribution is 5.84. The first-order valence-corrected chi connectivity index (χ1v) is 5.83. The molecule has 126 valence electrons. The van der Waals surface area contributed by atoms with Crippen molar-refractivity contribution in [2.24, 2.45) is 0 Å². The van der Waals surface area contributed by atoms with E-state index in [4.69, 9.17) is 30.6 Å². The van der Waals surface area contributed by atoms with E-state index in [1.165, 1.54) is 0 Å². The first-order valence-electron chi connectivity index (χ1n) is 5.83. The summed E-state index contributed by atoms with van der Waals surface area (Å²) in [5.41, 5.74) is 0. The van der Waals surface area contributed by atoms with Crippen LogP contribution < -0.4 is 10.6 Å². The van der Waals surface area contributed by atoms with Gasteiger partial charge in [0.15, 0.2) is 12.2 Å². The first kappa shape index (κ1) is 19.7.